The molecule has 1 saturated heterocycles. The molecule has 0 radical (unpaired) electrons. The van der Waals surface area contributed by atoms with Crippen molar-refractivity contribution in [2.75, 3.05) is 20.2 Å². The third-order valence-corrected chi connectivity index (χ3v) is 4.25. The number of pyridine rings is 1. The van der Waals surface area contributed by atoms with Crippen molar-refractivity contribution in [3.8, 4) is 22.8 Å². The lowest BCUT2D eigenvalue weighted by atomic mass is 10.1. The summed E-state index contributed by atoms with van der Waals surface area (Å²) in [6.07, 6.45) is 3.35. The second-order valence-corrected chi connectivity index (χ2v) is 6.04. The molecule has 0 aliphatic carbocycles. The number of nitrogens with one attached hydrogen (secondary N) is 1. The van der Waals surface area contributed by atoms with Gasteiger partial charge in [0.15, 0.2) is 0 Å². The molecule has 1 amide bonds. The van der Waals surface area contributed by atoms with E-state index in [1.165, 1.54) is 0 Å². The third-order valence-electron chi connectivity index (χ3n) is 4.25. The average molecular weight is 350 g/mol. The SMILES string of the molecule is COc1cccc(-c2cc(C(=O)N3CC(Oc4cccnc4)C3)[nH]n2)c1. The van der Waals surface area contributed by atoms with Crippen LogP contribution in [0, 0.1) is 0 Å². The molecule has 1 aliphatic heterocycles. The Hall–Kier alpha value is -3.35. The summed E-state index contributed by atoms with van der Waals surface area (Å²) < 4.78 is 11.0. The first kappa shape index (κ1) is 16.1. The highest BCUT2D eigenvalue weighted by Crippen LogP contribution is 2.24. The van der Waals surface area contributed by atoms with Crippen LogP contribution in [0.3, 0.4) is 0 Å². The molecule has 4 rings (SSSR count). The lowest BCUT2D eigenvalue weighted by molar-refractivity contribution is 0.0172. The molecule has 0 bridgehead atoms. The lowest BCUT2D eigenvalue weighted by Crippen LogP contribution is -2.56. The van der Waals surface area contributed by atoms with Gasteiger partial charge in [0.25, 0.3) is 5.91 Å². The molecule has 1 fully saturated rings. The molecule has 1 aliphatic rings. The van der Waals surface area contributed by atoms with Crippen molar-refractivity contribution in [3.63, 3.8) is 0 Å². The second kappa shape index (κ2) is 6.87. The Labute approximate surface area is 150 Å². The van der Waals surface area contributed by atoms with Crippen LogP contribution in [0.4, 0.5) is 0 Å². The van der Waals surface area contributed by atoms with Crippen molar-refractivity contribution in [3.05, 3.63) is 60.6 Å². The standard InChI is InChI=1S/C19H18N4O3/c1-25-14-5-2-4-13(8-14)17-9-18(22-21-17)19(24)23-11-16(12-23)26-15-6-3-7-20-10-15/h2-10,16H,11-12H2,1H3,(H,21,22). The second-order valence-electron chi connectivity index (χ2n) is 6.04. The number of likely N-dealkylation sites (tertiary alicyclic amines) is 1. The molecule has 7 nitrogen and oxygen atoms in total. The van der Waals surface area contributed by atoms with Crippen molar-refractivity contribution in [1.29, 1.82) is 0 Å². The maximum absolute atomic E-state index is 12.6. The van der Waals surface area contributed by atoms with Crippen LogP contribution < -0.4 is 9.47 Å². The summed E-state index contributed by atoms with van der Waals surface area (Å²) in [4.78, 5) is 18.3. The largest absolute Gasteiger partial charge is 0.497 e. The number of aromatic nitrogens is 3. The van der Waals surface area contributed by atoms with Crippen molar-refractivity contribution in [2.24, 2.45) is 0 Å². The summed E-state index contributed by atoms with van der Waals surface area (Å²) in [6, 6.07) is 13.0. The van der Waals surface area contributed by atoms with Crippen LogP contribution in [0.1, 0.15) is 10.5 Å². The third kappa shape index (κ3) is 3.23. The van der Waals surface area contributed by atoms with Gasteiger partial charge in [0.1, 0.15) is 23.3 Å². The zero-order valence-electron chi connectivity index (χ0n) is 14.3. The highest BCUT2D eigenvalue weighted by atomic mass is 16.5. The van der Waals surface area contributed by atoms with Gasteiger partial charge in [0, 0.05) is 11.8 Å². The minimum atomic E-state index is -0.0855. The summed E-state index contributed by atoms with van der Waals surface area (Å²) in [5.41, 5.74) is 2.06. The monoisotopic (exact) mass is 350 g/mol. The molecular weight excluding hydrogens is 332 g/mol. The molecule has 1 aromatic carbocycles. The Balaban J connectivity index is 1.38. The first-order valence-corrected chi connectivity index (χ1v) is 8.29. The highest BCUT2D eigenvalue weighted by Gasteiger charge is 2.33. The first-order valence-electron chi connectivity index (χ1n) is 8.29. The van der Waals surface area contributed by atoms with E-state index in [9.17, 15) is 4.79 Å². The molecule has 2 aromatic heterocycles. The van der Waals surface area contributed by atoms with E-state index in [-0.39, 0.29) is 12.0 Å². The fraction of sp³-hybridized carbons (Fsp3) is 0.211. The number of H-pyrrole nitrogens is 1. The number of ether oxygens (including phenoxy) is 2. The Bertz CT molecular complexity index is 904. The Morgan fingerprint density at radius 3 is 2.81 bits per heavy atom. The molecule has 132 valence electrons. The highest BCUT2D eigenvalue weighted by molar-refractivity contribution is 5.94. The molecule has 0 saturated carbocycles. The smallest absolute Gasteiger partial charge is 0.272 e. The zero-order valence-corrected chi connectivity index (χ0v) is 14.3. The van der Waals surface area contributed by atoms with Crippen molar-refractivity contribution in [2.45, 2.75) is 6.10 Å². The number of carbonyl (C=O) groups excluding carboxylic acids is 1. The van der Waals surface area contributed by atoms with Gasteiger partial charge in [-0.1, -0.05) is 12.1 Å². The van der Waals surface area contributed by atoms with Gasteiger partial charge < -0.3 is 14.4 Å². The van der Waals surface area contributed by atoms with Gasteiger partial charge in [-0.3, -0.25) is 14.9 Å². The summed E-state index contributed by atoms with van der Waals surface area (Å²) in [5, 5.41) is 7.07. The number of amides is 1. The van der Waals surface area contributed by atoms with Gasteiger partial charge in [0.2, 0.25) is 0 Å². The van der Waals surface area contributed by atoms with Gasteiger partial charge in [-0.05, 0) is 30.3 Å². The van der Waals surface area contributed by atoms with E-state index >= 15 is 0 Å². The predicted molar refractivity (Wildman–Crippen MR) is 95.1 cm³/mol. The molecular formula is C19H18N4O3. The number of hydrogen-bond acceptors (Lipinski definition) is 5. The van der Waals surface area contributed by atoms with E-state index < -0.39 is 0 Å². The fourth-order valence-electron chi connectivity index (χ4n) is 2.82. The van der Waals surface area contributed by atoms with E-state index in [2.05, 4.69) is 15.2 Å². The number of methoxy groups -OCH3 is 1. The van der Waals surface area contributed by atoms with E-state index in [1.807, 2.05) is 36.4 Å². The Morgan fingerprint density at radius 1 is 1.19 bits per heavy atom. The Morgan fingerprint density at radius 2 is 2.04 bits per heavy atom. The van der Waals surface area contributed by atoms with Gasteiger partial charge in [-0.15, -0.1) is 0 Å². The number of rotatable bonds is 5. The molecule has 26 heavy (non-hydrogen) atoms. The van der Waals surface area contributed by atoms with Crippen LogP contribution in [0.15, 0.2) is 54.9 Å². The molecule has 3 aromatic rings. The number of aromatic amines is 1. The summed E-state index contributed by atoms with van der Waals surface area (Å²) in [7, 11) is 1.62. The minimum absolute atomic E-state index is 0.0103. The predicted octanol–water partition coefficient (Wildman–Crippen LogP) is 2.38. The first-order chi connectivity index (χ1) is 12.7. The minimum Gasteiger partial charge on any atom is -0.497 e. The molecule has 1 N–H and O–H groups in total. The molecule has 7 heteroatoms. The molecule has 0 spiro atoms. The number of benzene rings is 1. The average Bonchev–Trinajstić information content (AvgIpc) is 3.15. The normalized spacial score (nSPS) is 14.0. The fourth-order valence-corrected chi connectivity index (χ4v) is 2.82. The number of nitrogens with zero attached hydrogens (tertiary/aromatic N) is 3. The maximum atomic E-state index is 12.6. The Kier molecular flexibility index (Phi) is 4.27. The van der Waals surface area contributed by atoms with Gasteiger partial charge in [0.05, 0.1) is 32.1 Å². The molecule has 0 atom stereocenters. The van der Waals surface area contributed by atoms with E-state index in [1.54, 1.807) is 30.5 Å². The van der Waals surface area contributed by atoms with Crippen molar-refractivity contribution < 1.29 is 14.3 Å². The van der Waals surface area contributed by atoms with Crippen molar-refractivity contribution >= 4 is 5.91 Å². The molecule has 3 heterocycles. The van der Waals surface area contributed by atoms with Crippen LogP contribution in [0.2, 0.25) is 0 Å². The van der Waals surface area contributed by atoms with Crippen LogP contribution in [0.5, 0.6) is 11.5 Å². The van der Waals surface area contributed by atoms with Crippen LogP contribution >= 0.6 is 0 Å². The zero-order chi connectivity index (χ0) is 17.9. The topological polar surface area (TPSA) is 80.3 Å². The quantitative estimate of drug-likeness (QED) is 0.764. The van der Waals surface area contributed by atoms with Gasteiger partial charge in [-0.2, -0.15) is 5.10 Å². The van der Waals surface area contributed by atoms with E-state index in [0.717, 1.165) is 11.3 Å². The number of carbonyl (C=O) groups is 1. The summed E-state index contributed by atoms with van der Waals surface area (Å²) in [5.74, 6) is 1.38. The van der Waals surface area contributed by atoms with Gasteiger partial charge in [-0.25, -0.2) is 0 Å². The summed E-state index contributed by atoms with van der Waals surface area (Å²) >= 11 is 0. The summed E-state index contributed by atoms with van der Waals surface area (Å²) in [6.45, 7) is 1.09. The lowest BCUT2D eigenvalue weighted by Gasteiger charge is -2.38. The van der Waals surface area contributed by atoms with Crippen molar-refractivity contribution in [1.82, 2.24) is 20.1 Å². The maximum Gasteiger partial charge on any atom is 0.272 e. The number of hydrogen-bond donors (Lipinski definition) is 1. The van der Waals surface area contributed by atoms with Crippen LogP contribution in [0.25, 0.3) is 11.3 Å². The van der Waals surface area contributed by atoms with E-state index in [4.69, 9.17) is 9.47 Å². The van der Waals surface area contributed by atoms with Crippen LogP contribution in [-0.4, -0.2) is 52.3 Å². The molecule has 0 unspecified atom stereocenters. The van der Waals surface area contributed by atoms with Crippen LogP contribution in [-0.2, 0) is 0 Å². The van der Waals surface area contributed by atoms with Gasteiger partial charge >= 0.3 is 0 Å². The van der Waals surface area contributed by atoms with E-state index in [0.29, 0.717) is 30.2 Å².